The molecular weight excluding hydrogens is 456 g/mol. The second-order valence-electron chi connectivity index (χ2n) is 8.46. The molecule has 2 aromatic carbocycles. The molecule has 0 saturated carbocycles. The number of aromatic nitrogens is 3. The molecule has 3 heterocycles. The molecule has 176 valence electrons. The third-order valence-electron chi connectivity index (χ3n) is 6.42. The number of alkyl halides is 4. The van der Waals surface area contributed by atoms with Gasteiger partial charge in [0.05, 0.1) is 30.7 Å². The first-order chi connectivity index (χ1) is 16.2. The minimum atomic E-state index is -4.73. The summed E-state index contributed by atoms with van der Waals surface area (Å²) in [4.78, 5) is 25.4. The molecule has 0 spiro atoms. The zero-order valence-electron chi connectivity index (χ0n) is 17.8. The van der Waals surface area contributed by atoms with Crippen LogP contribution < -0.4 is 4.90 Å². The van der Waals surface area contributed by atoms with Crippen LogP contribution in [0.2, 0.25) is 0 Å². The van der Waals surface area contributed by atoms with Crippen molar-refractivity contribution in [3.05, 3.63) is 76.4 Å². The van der Waals surface area contributed by atoms with Crippen molar-refractivity contribution in [2.45, 2.75) is 24.3 Å². The first kappa shape index (κ1) is 22.2. The van der Waals surface area contributed by atoms with Crippen LogP contribution in [0.5, 0.6) is 0 Å². The molecule has 1 saturated heterocycles. The number of carbonyl (C=O) groups excluding carboxylic acids is 2. The molecule has 0 bridgehead atoms. The quantitative estimate of drug-likeness (QED) is 0.416. The largest absolute Gasteiger partial charge is 0.416 e. The first-order valence-electron chi connectivity index (χ1n) is 10.3. The highest BCUT2D eigenvalue weighted by atomic mass is 19.4. The van der Waals surface area contributed by atoms with Crippen molar-refractivity contribution in [3.63, 3.8) is 0 Å². The Bertz CT molecular complexity index is 1300. The standard InChI is InChI=1S/C23H18F4N4O3/c1-30-12-28-29-20(30)19(24)22(10-34-11-22)14-3-2-4-15(7-14)31-8-17-16(21(31)33)5-13(9-32)6-18(17)23(25,26)27/h2-7,9,12,19H,8,10-11H2,1H3/t19-/m0/s1. The smallest absolute Gasteiger partial charge is 0.379 e. The molecule has 1 amide bonds. The zero-order chi connectivity index (χ0) is 24.3. The van der Waals surface area contributed by atoms with Gasteiger partial charge < -0.3 is 14.2 Å². The minimum absolute atomic E-state index is 0.0690. The Kier molecular flexibility index (Phi) is 5.05. The number of anilines is 1. The van der Waals surface area contributed by atoms with Gasteiger partial charge in [-0.1, -0.05) is 12.1 Å². The van der Waals surface area contributed by atoms with E-state index in [1.807, 2.05) is 0 Å². The van der Waals surface area contributed by atoms with E-state index in [0.29, 0.717) is 11.3 Å². The van der Waals surface area contributed by atoms with Crippen LogP contribution in [-0.4, -0.2) is 40.2 Å². The molecule has 5 rings (SSSR count). The number of rotatable bonds is 5. The molecule has 0 radical (unpaired) electrons. The molecule has 0 aliphatic carbocycles. The average molecular weight is 474 g/mol. The number of amides is 1. The summed E-state index contributed by atoms with van der Waals surface area (Å²) in [6.45, 7) is -0.184. The van der Waals surface area contributed by atoms with E-state index in [1.165, 1.54) is 15.8 Å². The van der Waals surface area contributed by atoms with Crippen LogP contribution in [0.15, 0.2) is 42.7 Å². The highest BCUT2D eigenvalue weighted by Gasteiger charge is 2.51. The summed E-state index contributed by atoms with van der Waals surface area (Å²) in [6.07, 6.45) is -4.62. The van der Waals surface area contributed by atoms with Gasteiger partial charge in [0, 0.05) is 23.9 Å². The normalized spacial score (nSPS) is 17.9. The number of nitrogens with zero attached hydrogens (tertiary/aromatic N) is 4. The van der Waals surface area contributed by atoms with Gasteiger partial charge in [0.2, 0.25) is 0 Å². The summed E-state index contributed by atoms with van der Waals surface area (Å²) in [5, 5.41) is 7.59. The van der Waals surface area contributed by atoms with Crippen LogP contribution in [0, 0.1) is 0 Å². The molecule has 7 nitrogen and oxygen atoms in total. The molecule has 34 heavy (non-hydrogen) atoms. The number of halogens is 4. The summed E-state index contributed by atoms with van der Waals surface area (Å²) in [5.41, 5.74) is -1.85. The lowest BCUT2D eigenvalue weighted by atomic mass is 9.74. The fourth-order valence-corrected chi connectivity index (χ4v) is 4.49. The number of carbonyl (C=O) groups is 2. The summed E-state index contributed by atoms with van der Waals surface area (Å²) in [6, 6.07) is 8.37. The maximum Gasteiger partial charge on any atom is 0.416 e. The van der Waals surface area contributed by atoms with Crippen molar-refractivity contribution in [2.24, 2.45) is 7.05 Å². The lowest BCUT2D eigenvalue weighted by Gasteiger charge is -2.43. The van der Waals surface area contributed by atoms with Crippen molar-refractivity contribution in [1.29, 1.82) is 0 Å². The van der Waals surface area contributed by atoms with Crippen LogP contribution >= 0.6 is 0 Å². The Labute approximate surface area is 191 Å². The lowest BCUT2D eigenvalue weighted by molar-refractivity contribution is -0.138. The van der Waals surface area contributed by atoms with E-state index in [-0.39, 0.29) is 48.6 Å². The van der Waals surface area contributed by atoms with Crippen molar-refractivity contribution in [1.82, 2.24) is 14.8 Å². The second kappa shape index (κ2) is 7.73. The van der Waals surface area contributed by atoms with Crippen LogP contribution in [0.4, 0.5) is 23.2 Å². The molecule has 11 heteroatoms. The highest BCUT2D eigenvalue weighted by molar-refractivity contribution is 6.11. The van der Waals surface area contributed by atoms with E-state index in [4.69, 9.17) is 4.74 Å². The summed E-state index contributed by atoms with van der Waals surface area (Å²) in [7, 11) is 1.62. The van der Waals surface area contributed by atoms with E-state index in [1.54, 1.807) is 31.3 Å². The predicted molar refractivity (Wildman–Crippen MR) is 111 cm³/mol. The molecule has 2 aliphatic heterocycles. The molecule has 1 aromatic heterocycles. The van der Waals surface area contributed by atoms with Crippen LogP contribution in [-0.2, 0) is 29.9 Å². The Morgan fingerprint density at radius 2 is 1.97 bits per heavy atom. The van der Waals surface area contributed by atoms with E-state index in [0.717, 1.165) is 12.1 Å². The maximum absolute atomic E-state index is 15.6. The second-order valence-corrected chi connectivity index (χ2v) is 8.46. The van der Waals surface area contributed by atoms with Gasteiger partial charge in [-0.3, -0.25) is 9.59 Å². The summed E-state index contributed by atoms with van der Waals surface area (Å²) >= 11 is 0. The fourth-order valence-electron chi connectivity index (χ4n) is 4.49. The molecule has 0 N–H and O–H groups in total. The van der Waals surface area contributed by atoms with Gasteiger partial charge >= 0.3 is 6.18 Å². The number of ether oxygens (including phenoxy) is 1. The molecule has 1 atom stereocenters. The number of hydrogen-bond donors (Lipinski definition) is 0. The van der Waals surface area contributed by atoms with E-state index < -0.39 is 29.2 Å². The van der Waals surface area contributed by atoms with Gasteiger partial charge in [-0.25, -0.2) is 4.39 Å². The average Bonchev–Trinajstić information content (AvgIpc) is 3.35. The van der Waals surface area contributed by atoms with Gasteiger partial charge in [0.15, 0.2) is 12.0 Å². The van der Waals surface area contributed by atoms with Crippen molar-refractivity contribution < 1.29 is 31.9 Å². The molecule has 1 fully saturated rings. The zero-order valence-corrected chi connectivity index (χ0v) is 17.8. The Morgan fingerprint density at radius 1 is 1.21 bits per heavy atom. The maximum atomic E-state index is 15.6. The topological polar surface area (TPSA) is 77.3 Å². The first-order valence-corrected chi connectivity index (χ1v) is 10.3. The van der Waals surface area contributed by atoms with E-state index in [9.17, 15) is 22.8 Å². The van der Waals surface area contributed by atoms with Crippen LogP contribution in [0.25, 0.3) is 0 Å². The highest BCUT2D eigenvalue weighted by Crippen LogP contribution is 2.46. The Balaban J connectivity index is 1.53. The third kappa shape index (κ3) is 3.30. The Hall–Kier alpha value is -3.60. The lowest BCUT2D eigenvalue weighted by Crippen LogP contribution is -2.50. The SMILES string of the molecule is Cn1cnnc1[C@H](F)C1(c2cccc(N3Cc4c(cc(C=O)cc4C(F)(F)F)C3=O)c2)COC1. The minimum Gasteiger partial charge on any atom is -0.379 e. The van der Waals surface area contributed by atoms with Gasteiger partial charge in [-0.2, -0.15) is 13.2 Å². The molecule has 3 aromatic rings. The van der Waals surface area contributed by atoms with E-state index >= 15 is 4.39 Å². The van der Waals surface area contributed by atoms with Crippen LogP contribution in [0.3, 0.4) is 0 Å². The number of fused-ring (bicyclic) bond motifs is 1. The monoisotopic (exact) mass is 474 g/mol. The van der Waals surface area contributed by atoms with E-state index in [2.05, 4.69) is 10.2 Å². The molecular formula is C23H18F4N4O3. The molecule has 0 unspecified atom stereocenters. The number of aryl methyl sites for hydroxylation is 1. The third-order valence-corrected chi connectivity index (χ3v) is 6.42. The van der Waals surface area contributed by atoms with Crippen molar-refractivity contribution in [2.75, 3.05) is 18.1 Å². The number of aldehydes is 1. The number of benzene rings is 2. The van der Waals surface area contributed by atoms with Crippen LogP contribution in [0.1, 0.15) is 49.4 Å². The summed E-state index contributed by atoms with van der Waals surface area (Å²) in [5.74, 6) is -0.542. The fraction of sp³-hybridized carbons (Fsp3) is 0.304. The molecule has 2 aliphatic rings. The predicted octanol–water partition coefficient (Wildman–Crippen LogP) is 3.79. The van der Waals surface area contributed by atoms with Gasteiger partial charge in [-0.15, -0.1) is 10.2 Å². The summed E-state index contributed by atoms with van der Waals surface area (Å²) < 4.78 is 63.3. The van der Waals surface area contributed by atoms with Gasteiger partial charge in [0.1, 0.15) is 12.6 Å². The van der Waals surface area contributed by atoms with Gasteiger partial charge in [-0.05, 0) is 35.4 Å². The Morgan fingerprint density at radius 3 is 2.56 bits per heavy atom. The van der Waals surface area contributed by atoms with Gasteiger partial charge in [0.25, 0.3) is 5.91 Å². The number of hydrogen-bond acceptors (Lipinski definition) is 5. The van der Waals surface area contributed by atoms with Crippen molar-refractivity contribution in [3.8, 4) is 0 Å². The van der Waals surface area contributed by atoms with Crippen molar-refractivity contribution >= 4 is 17.9 Å².